The van der Waals surface area contributed by atoms with Crippen molar-refractivity contribution in [1.29, 1.82) is 0 Å². The lowest BCUT2D eigenvalue weighted by Crippen LogP contribution is -2.45. The Morgan fingerprint density at radius 2 is 2.29 bits per heavy atom. The summed E-state index contributed by atoms with van der Waals surface area (Å²) in [5, 5.41) is 0. The van der Waals surface area contributed by atoms with Gasteiger partial charge in [-0.05, 0) is 50.9 Å². The molecule has 0 aromatic rings. The fourth-order valence-electron chi connectivity index (χ4n) is 2.76. The maximum atomic E-state index is 5.93. The summed E-state index contributed by atoms with van der Waals surface area (Å²) >= 11 is 3.63. The van der Waals surface area contributed by atoms with Crippen LogP contribution in [0.2, 0.25) is 0 Å². The fourth-order valence-corrected chi connectivity index (χ4v) is 3.02. The van der Waals surface area contributed by atoms with Crippen molar-refractivity contribution in [1.82, 2.24) is 0 Å². The van der Waals surface area contributed by atoms with E-state index in [4.69, 9.17) is 4.74 Å². The van der Waals surface area contributed by atoms with E-state index in [9.17, 15) is 0 Å². The highest BCUT2D eigenvalue weighted by molar-refractivity contribution is 9.09. The molecule has 0 aromatic carbocycles. The molecular formula is C12H21BrO. The summed E-state index contributed by atoms with van der Waals surface area (Å²) in [4.78, 5) is 0.683. The van der Waals surface area contributed by atoms with E-state index in [1.54, 1.807) is 0 Å². The monoisotopic (exact) mass is 260 g/mol. The molecule has 1 saturated carbocycles. The van der Waals surface area contributed by atoms with E-state index in [2.05, 4.69) is 22.9 Å². The molecule has 2 rings (SSSR count). The van der Waals surface area contributed by atoms with E-state index in [-0.39, 0.29) is 0 Å². The average molecular weight is 261 g/mol. The van der Waals surface area contributed by atoms with Gasteiger partial charge in [-0.25, -0.2) is 0 Å². The minimum atomic E-state index is 0.346. The summed E-state index contributed by atoms with van der Waals surface area (Å²) < 4.78 is 5.93. The third kappa shape index (κ3) is 2.52. The van der Waals surface area contributed by atoms with E-state index in [1.165, 1.54) is 44.9 Å². The molecule has 1 nitrogen and oxygen atoms in total. The highest BCUT2D eigenvalue weighted by Gasteiger charge is 2.42. The molecule has 0 radical (unpaired) electrons. The Balaban J connectivity index is 1.76. The SMILES string of the molecule is CC(Br)CCC1CCOC2(CCC2)C1. The van der Waals surface area contributed by atoms with Crippen LogP contribution in [0.15, 0.2) is 0 Å². The highest BCUT2D eigenvalue weighted by Crippen LogP contribution is 2.45. The van der Waals surface area contributed by atoms with Crippen LogP contribution in [0.1, 0.15) is 51.9 Å². The first-order chi connectivity index (χ1) is 6.70. The van der Waals surface area contributed by atoms with Gasteiger partial charge in [-0.1, -0.05) is 22.9 Å². The van der Waals surface area contributed by atoms with Crippen LogP contribution in [0.25, 0.3) is 0 Å². The van der Waals surface area contributed by atoms with Crippen LogP contribution < -0.4 is 0 Å². The molecule has 1 heterocycles. The first-order valence-electron chi connectivity index (χ1n) is 5.98. The second-order valence-electron chi connectivity index (χ2n) is 5.10. The molecule has 2 fully saturated rings. The summed E-state index contributed by atoms with van der Waals surface area (Å²) in [6.07, 6.45) is 9.38. The minimum absolute atomic E-state index is 0.346. The van der Waals surface area contributed by atoms with E-state index in [0.717, 1.165) is 12.5 Å². The molecule has 14 heavy (non-hydrogen) atoms. The van der Waals surface area contributed by atoms with Crippen LogP contribution in [-0.4, -0.2) is 17.0 Å². The number of ether oxygens (including phenoxy) is 1. The molecule has 82 valence electrons. The third-order valence-corrected chi connectivity index (χ3v) is 4.29. The number of hydrogen-bond acceptors (Lipinski definition) is 1. The Morgan fingerprint density at radius 1 is 1.50 bits per heavy atom. The quantitative estimate of drug-likeness (QED) is 0.700. The van der Waals surface area contributed by atoms with Gasteiger partial charge in [0.15, 0.2) is 0 Å². The third-order valence-electron chi connectivity index (χ3n) is 3.83. The van der Waals surface area contributed by atoms with Gasteiger partial charge in [0, 0.05) is 11.4 Å². The first kappa shape index (κ1) is 10.9. The predicted octanol–water partition coefficient (Wildman–Crippen LogP) is 3.90. The normalized spacial score (nSPS) is 32.6. The molecule has 1 saturated heterocycles. The molecule has 0 aromatic heterocycles. The van der Waals surface area contributed by atoms with Crippen molar-refractivity contribution in [3.05, 3.63) is 0 Å². The molecular weight excluding hydrogens is 240 g/mol. The molecule has 0 bridgehead atoms. The molecule has 2 atom stereocenters. The number of rotatable bonds is 3. The van der Waals surface area contributed by atoms with Gasteiger partial charge >= 0.3 is 0 Å². The Hall–Kier alpha value is 0.440. The molecule has 2 aliphatic rings. The number of hydrogen-bond donors (Lipinski definition) is 0. The van der Waals surface area contributed by atoms with Crippen LogP contribution in [0.4, 0.5) is 0 Å². The van der Waals surface area contributed by atoms with E-state index >= 15 is 0 Å². The first-order valence-corrected chi connectivity index (χ1v) is 6.90. The van der Waals surface area contributed by atoms with Crippen molar-refractivity contribution < 1.29 is 4.74 Å². The van der Waals surface area contributed by atoms with Gasteiger partial charge < -0.3 is 4.74 Å². The van der Waals surface area contributed by atoms with Gasteiger partial charge in [0.25, 0.3) is 0 Å². The van der Waals surface area contributed by atoms with Gasteiger partial charge in [-0.15, -0.1) is 0 Å². The van der Waals surface area contributed by atoms with Crippen molar-refractivity contribution in [2.45, 2.75) is 62.3 Å². The summed E-state index contributed by atoms with van der Waals surface area (Å²) in [5.41, 5.74) is 0.346. The predicted molar refractivity (Wildman–Crippen MR) is 62.9 cm³/mol. The zero-order valence-electron chi connectivity index (χ0n) is 9.10. The maximum Gasteiger partial charge on any atom is 0.0685 e. The molecule has 0 amide bonds. The van der Waals surface area contributed by atoms with Gasteiger partial charge in [0.05, 0.1) is 5.60 Å². The standard InChI is InChI=1S/C12H21BrO/c1-10(13)3-4-11-5-8-14-12(9-11)6-2-7-12/h10-11H,2-9H2,1H3. The van der Waals surface area contributed by atoms with Gasteiger partial charge in [-0.2, -0.15) is 0 Å². The summed E-state index contributed by atoms with van der Waals surface area (Å²) in [5.74, 6) is 0.934. The Kier molecular flexibility index (Phi) is 3.54. The van der Waals surface area contributed by atoms with Crippen molar-refractivity contribution >= 4 is 15.9 Å². The van der Waals surface area contributed by atoms with E-state index < -0.39 is 0 Å². The average Bonchev–Trinajstić information content (AvgIpc) is 2.13. The highest BCUT2D eigenvalue weighted by atomic mass is 79.9. The number of alkyl halides is 1. The van der Waals surface area contributed by atoms with Crippen LogP contribution in [0.3, 0.4) is 0 Å². The van der Waals surface area contributed by atoms with Gasteiger partial charge in [0.2, 0.25) is 0 Å². The summed E-state index contributed by atoms with van der Waals surface area (Å²) in [6.45, 7) is 3.26. The molecule has 1 aliphatic heterocycles. The van der Waals surface area contributed by atoms with Crippen molar-refractivity contribution in [2.24, 2.45) is 5.92 Å². The van der Waals surface area contributed by atoms with Crippen molar-refractivity contribution in [3.63, 3.8) is 0 Å². The summed E-state index contributed by atoms with van der Waals surface area (Å²) in [7, 11) is 0. The van der Waals surface area contributed by atoms with Crippen molar-refractivity contribution in [2.75, 3.05) is 6.61 Å². The van der Waals surface area contributed by atoms with Crippen LogP contribution in [0, 0.1) is 5.92 Å². The zero-order chi connectivity index (χ0) is 10.0. The van der Waals surface area contributed by atoms with Gasteiger partial charge in [-0.3, -0.25) is 0 Å². The van der Waals surface area contributed by atoms with Crippen LogP contribution in [-0.2, 0) is 4.74 Å². The zero-order valence-corrected chi connectivity index (χ0v) is 10.7. The largest absolute Gasteiger partial charge is 0.375 e. The Labute approximate surface area is 95.7 Å². The number of halogens is 1. The molecule has 1 spiro atoms. The molecule has 0 N–H and O–H groups in total. The van der Waals surface area contributed by atoms with Crippen LogP contribution in [0.5, 0.6) is 0 Å². The maximum absolute atomic E-state index is 5.93. The fraction of sp³-hybridized carbons (Fsp3) is 1.00. The smallest absolute Gasteiger partial charge is 0.0685 e. The molecule has 2 heteroatoms. The Bertz CT molecular complexity index is 187. The van der Waals surface area contributed by atoms with Gasteiger partial charge in [0.1, 0.15) is 0 Å². The second-order valence-corrected chi connectivity index (χ2v) is 6.67. The Morgan fingerprint density at radius 3 is 2.86 bits per heavy atom. The lowest BCUT2D eigenvalue weighted by molar-refractivity contribution is -0.144. The van der Waals surface area contributed by atoms with E-state index in [1.807, 2.05) is 0 Å². The lowest BCUT2D eigenvalue weighted by Gasteiger charge is -2.47. The summed E-state index contributed by atoms with van der Waals surface area (Å²) in [6, 6.07) is 0. The van der Waals surface area contributed by atoms with Crippen molar-refractivity contribution in [3.8, 4) is 0 Å². The molecule has 2 unspecified atom stereocenters. The minimum Gasteiger partial charge on any atom is -0.375 e. The van der Waals surface area contributed by atoms with Crippen LogP contribution >= 0.6 is 15.9 Å². The topological polar surface area (TPSA) is 9.23 Å². The lowest BCUT2D eigenvalue weighted by atomic mass is 9.71. The molecule has 1 aliphatic carbocycles. The van der Waals surface area contributed by atoms with E-state index in [0.29, 0.717) is 10.4 Å². The second kappa shape index (κ2) is 4.52.